The molecule has 1 aliphatic heterocycles. The molecule has 0 amide bonds. The van der Waals surface area contributed by atoms with E-state index in [1.807, 2.05) is 6.92 Å². The molecular formula is C15H21FN2OS. The molecule has 1 unspecified atom stereocenters. The summed E-state index contributed by atoms with van der Waals surface area (Å²) in [6.45, 7) is 5.28. The van der Waals surface area contributed by atoms with E-state index in [4.69, 9.17) is 22.7 Å². The fourth-order valence-corrected chi connectivity index (χ4v) is 2.90. The minimum atomic E-state index is -0.252. The molecule has 0 bridgehead atoms. The number of hydrogen-bond acceptors (Lipinski definition) is 3. The second kappa shape index (κ2) is 7.11. The van der Waals surface area contributed by atoms with Crippen molar-refractivity contribution < 1.29 is 9.13 Å². The van der Waals surface area contributed by atoms with E-state index in [1.54, 1.807) is 6.07 Å². The molecule has 3 nitrogen and oxygen atoms in total. The molecule has 0 aliphatic carbocycles. The van der Waals surface area contributed by atoms with E-state index in [1.165, 1.54) is 12.1 Å². The zero-order valence-corrected chi connectivity index (χ0v) is 12.6. The highest BCUT2D eigenvalue weighted by molar-refractivity contribution is 7.80. The molecular weight excluding hydrogens is 275 g/mol. The third-order valence-corrected chi connectivity index (χ3v) is 3.81. The normalized spacial score (nSPS) is 20.0. The van der Waals surface area contributed by atoms with Crippen molar-refractivity contribution in [1.82, 2.24) is 4.90 Å². The first-order chi connectivity index (χ1) is 9.60. The molecule has 1 atom stereocenters. The summed E-state index contributed by atoms with van der Waals surface area (Å²) < 4.78 is 19.1. The lowest BCUT2D eigenvalue weighted by Crippen LogP contribution is -2.39. The van der Waals surface area contributed by atoms with Crippen molar-refractivity contribution in [1.29, 1.82) is 0 Å². The molecule has 1 aromatic rings. The molecule has 0 saturated carbocycles. The fourth-order valence-electron chi connectivity index (χ4n) is 2.70. The highest BCUT2D eigenvalue weighted by Gasteiger charge is 2.21. The van der Waals surface area contributed by atoms with Gasteiger partial charge in [0.1, 0.15) is 10.8 Å². The van der Waals surface area contributed by atoms with Gasteiger partial charge in [-0.2, -0.15) is 0 Å². The molecule has 5 heteroatoms. The molecule has 1 fully saturated rings. The van der Waals surface area contributed by atoms with Crippen LogP contribution in [0.15, 0.2) is 18.2 Å². The van der Waals surface area contributed by atoms with Crippen molar-refractivity contribution >= 4 is 17.2 Å². The van der Waals surface area contributed by atoms with Gasteiger partial charge >= 0.3 is 0 Å². The summed E-state index contributed by atoms with van der Waals surface area (Å²) in [6, 6.07) is 4.59. The van der Waals surface area contributed by atoms with E-state index in [0.717, 1.165) is 43.7 Å². The van der Waals surface area contributed by atoms with Crippen molar-refractivity contribution in [2.75, 3.05) is 19.7 Å². The number of hydrogen-bond donors (Lipinski definition) is 1. The molecule has 1 aliphatic rings. The van der Waals surface area contributed by atoms with Gasteiger partial charge in [-0.15, -0.1) is 0 Å². The predicted molar refractivity (Wildman–Crippen MR) is 82.2 cm³/mol. The summed E-state index contributed by atoms with van der Waals surface area (Å²) in [4.78, 5) is 2.60. The topological polar surface area (TPSA) is 38.5 Å². The number of halogens is 1. The lowest BCUT2D eigenvalue weighted by Gasteiger charge is -2.32. The number of likely N-dealkylation sites (tertiary alicyclic amines) is 1. The molecule has 1 heterocycles. The zero-order chi connectivity index (χ0) is 14.5. The Kier molecular flexibility index (Phi) is 5.46. The van der Waals surface area contributed by atoms with E-state index >= 15 is 0 Å². The van der Waals surface area contributed by atoms with Gasteiger partial charge in [-0.25, -0.2) is 4.39 Å². The van der Waals surface area contributed by atoms with E-state index in [2.05, 4.69) is 4.90 Å². The maximum atomic E-state index is 13.4. The van der Waals surface area contributed by atoms with Crippen LogP contribution >= 0.6 is 12.2 Å². The van der Waals surface area contributed by atoms with Crippen LogP contribution in [0.3, 0.4) is 0 Å². The Labute approximate surface area is 124 Å². The van der Waals surface area contributed by atoms with Crippen LogP contribution in [-0.4, -0.2) is 35.7 Å². The molecule has 0 radical (unpaired) electrons. The molecule has 20 heavy (non-hydrogen) atoms. The van der Waals surface area contributed by atoms with Gasteiger partial charge in [0.15, 0.2) is 0 Å². The summed E-state index contributed by atoms with van der Waals surface area (Å²) in [6.07, 6.45) is 2.47. The lowest BCUT2D eigenvalue weighted by molar-refractivity contribution is 0.00360. The average Bonchev–Trinajstić information content (AvgIpc) is 2.39. The Bertz CT molecular complexity index is 479. The molecule has 2 rings (SSSR count). The Morgan fingerprint density at radius 2 is 2.35 bits per heavy atom. The number of nitrogens with two attached hydrogens (primary N) is 1. The van der Waals surface area contributed by atoms with Crippen LogP contribution in [0.1, 0.15) is 30.9 Å². The minimum absolute atomic E-state index is 0.252. The van der Waals surface area contributed by atoms with E-state index in [0.29, 0.717) is 11.5 Å². The van der Waals surface area contributed by atoms with Gasteiger partial charge in [0.05, 0.1) is 6.10 Å². The quantitative estimate of drug-likeness (QED) is 0.847. The minimum Gasteiger partial charge on any atom is -0.389 e. The third kappa shape index (κ3) is 3.98. The van der Waals surface area contributed by atoms with Crippen LogP contribution in [0.4, 0.5) is 4.39 Å². The number of thiocarbonyl (C=S) groups is 1. The van der Waals surface area contributed by atoms with Crippen LogP contribution in [0.25, 0.3) is 0 Å². The number of ether oxygens (including phenoxy) is 1. The van der Waals surface area contributed by atoms with E-state index < -0.39 is 0 Å². The smallest absolute Gasteiger partial charge is 0.123 e. The second-order valence-corrected chi connectivity index (χ2v) is 5.56. The van der Waals surface area contributed by atoms with Crippen LogP contribution in [0, 0.1) is 5.82 Å². The number of piperidine rings is 1. The van der Waals surface area contributed by atoms with Gasteiger partial charge in [-0.1, -0.05) is 12.2 Å². The number of rotatable bonds is 5. The molecule has 110 valence electrons. The molecule has 0 spiro atoms. The lowest BCUT2D eigenvalue weighted by atomic mass is 10.0. The Morgan fingerprint density at radius 3 is 3.05 bits per heavy atom. The Hall–Kier alpha value is -1.04. The number of nitrogens with zero attached hydrogens (tertiary/aromatic N) is 1. The fraction of sp³-hybridized carbons (Fsp3) is 0.533. The zero-order valence-electron chi connectivity index (χ0n) is 11.8. The van der Waals surface area contributed by atoms with Crippen molar-refractivity contribution in [2.45, 2.75) is 32.4 Å². The van der Waals surface area contributed by atoms with Crippen LogP contribution < -0.4 is 5.73 Å². The van der Waals surface area contributed by atoms with Gasteiger partial charge < -0.3 is 10.5 Å². The molecule has 0 aromatic heterocycles. The van der Waals surface area contributed by atoms with Gasteiger partial charge in [-0.05, 0) is 50.1 Å². The molecule has 1 aromatic carbocycles. The van der Waals surface area contributed by atoms with Crippen molar-refractivity contribution in [3.8, 4) is 0 Å². The standard InChI is InChI=1S/C15H21FN2OS/c1-2-19-13-4-3-7-18(10-13)9-11-8-12(16)5-6-14(11)15(17)20/h5-6,8,13H,2-4,7,9-10H2,1H3,(H2,17,20). The summed E-state index contributed by atoms with van der Waals surface area (Å²) in [5, 5.41) is 0. The summed E-state index contributed by atoms with van der Waals surface area (Å²) in [7, 11) is 0. The molecule has 2 N–H and O–H groups in total. The van der Waals surface area contributed by atoms with E-state index in [-0.39, 0.29) is 11.9 Å². The first-order valence-corrected chi connectivity index (χ1v) is 7.43. The van der Waals surface area contributed by atoms with Crippen molar-refractivity contribution in [3.05, 3.63) is 35.1 Å². The second-order valence-electron chi connectivity index (χ2n) is 5.12. The Morgan fingerprint density at radius 1 is 1.55 bits per heavy atom. The third-order valence-electron chi connectivity index (χ3n) is 3.59. The van der Waals surface area contributed by atoms with Gasteiger partial charge in [0.2, 0.25) is 0 Å². The summed E-state index contributed by atoms with van der Waals surface area (Å²) in [5.74, 6) is -0.252. The maximum Gasteiger partial charge on any atom is 0.123 e. The van der Waals surface area contributed by atoms with Crippen LogP contribution in [-0.2, 0) is 11.3 Å². The summed E-state index contributed by atoms with van der Waals surface area (Å²) in [5.41, 5.74) is 7.33. The van der Waals surface area contributed by atoms with Crippen LogP contribution in [0.2, 0.25) is 0 Å². The average molecular weight is 296 g/mol. The van der Waals surface area contributed by atoms with E-state index in [9.17, 15) is 4.39 Å². The van der Waals surface area contributed by atoms with Gasteiger partial charge in [0.25, 0.3) is 0 Å². The Balaban J connectivity index is 2.09. The predicted octanol–water partition coefficient (Wildman–Crippen LogP) is 2.46. The first kappa shape index (κ1) is 15.4. The SMILES string of the molecule is CCOC1CCCN(Cc2cc(F)ccc2C(N)=S)C1. The van der Waals surface area contributed by atoms with Crippen LogP contribution in [0.5, 0.6) is 0 Å². The van der Waals surface area contributed by atoms with Gasteiger partial charge in [0, 0.05) is 25.3 Å². The van der Waals surface area contributed by atoms with Gasteiger partial charge in [-0.3, -0.25) is 4.90 Å². The summed E-state index contributed by atoms with van der Waals surface area (Å²) >= 11 is 5.04. The highest BCUT2D eigenvalue weighted by Crippen LogP contribution is 2.19. The number of benzene rings is 1. The largest absolute Gasteiger partial charge is 0.389 e. The monoisotopic (exact) mass is 296 g/mol. The highest BCUT2D eigenvalue weighted by atomic mass is 32.1. The van der Waals surface area contributed by atoms with Crippen molar-refractivity contribution in [3.63, 3.8) is 0 Å². The first-order valence-electron chi connectivity index (χ1n) is 7.02. The maximum absolute atomic E-state index is 13.4. The van der Waals surface area contributed by atoms with Crippen molar-refractivity contribution in [2.24, 2.45) is 5.73 Å². The molecule has 1 saturated heterocycles.